The standard InChI is InChI=1S/C17H26N2O2/c1-12-6-7-19(15(8-12)11-18)17(20)10-14-5-4-13(2)16(9-14)21-3/h4-5,9,12,15H,6-8,10-11,18H2,1-3H3. The van der Waals surface area contributed by atoms with Crippen LogP contribution in [0.15, 0.2) is 18.2 Å². The quantitative estimate of drug-likeness (QED) is 0.924. The van der Waals surface area contributed by atoms with Gasteiger partial charge in [-0.25, -0.2) is 0 Å². The maximum absolute atomic E-state index is 12.6. The largest absolute Gasteiger partial charge is 0.496 e. The minimum Gasteiger partial charge on any atom is -0.496 e. The minimum absolute atomic E-state index is 0.170. The molecule has 0 radical (unpaired) electrons. The number of piperidine rings is 1. The molecule has 0 aromatic heterocycles. The smallest absolute Gasteiger partial charge is 0.227 e. The summed E-state index contributed by atoms with van der Waals surface area (Å²) in [6, 6.07) is 6.14. The number of nitrogens with two attached hydrogens (primary N) is 1. The van der Waals surface area contributed by atoms with E-state index in [0.717, 1.165) is 36.3 Å². The van der Waals surface area contributed by atoms with Crippen LogP contribution in [-0.4, -0.2) is 37.0 Å². The van der Waals surface area contributed by atoms with Crippen LogP contribution in [0.3, 0.4) is 0 Å². The Morgan fingerprint density at radius 1 is 1.48 bits per heavy atom. The van der Waals surface area contributed by atoms with Gasteiger partial charge in [0.15, 0.2) is 0 Å². The molecular weight excluding hydrogens is 264 g/mol. The van der Waals surface area contributed by atoms with Crippen molar-refractivity contribution in [1.29, 1.82) is 0 Å². The predicted octanol–water partition coefficient (Wildman–Crippen LogP) is 2.13. The van der Waals surface area contributed by atoms with Gasteiger partial charge >= 0.3 is 0 Å². The zero-order valence-electron chi connectivity index (χ0n) is 13.3. The van der Waals surface area contributed by atoms with E-state index < -0.39 is 0 Å². The second-order valence-corrected chi connectivity index (χ2v) is 6.09. The number of ether oxygens (including phenoxy) is 1. The molecule has 4 nitrogen and oxygen atoms in total. The molecule has 1 saturated heterocycles. The molecular formula is C17H26N2O2. The molecule has 1 aromatic carbocycles. The Morgan fingerprint density at radius 3 is 2.90 bits per heavy atom. The molecule has 1 aliphatic heterocycles. The summed E-state index contributed by atoms with van der Waals surface area (Å²) in [5, 5.41) is 0. The van der Waals surface area contributed by atoms with Crippen LogP contribution in [0, 0.1) is 12.8 Å². The predicted molar refractivity (Wildman–Crippen MR) is 84.4 cm³/mol. The van der Waals surface area contributed by atoms with Crippen LogP contribution >= 0.6 is 0 Å². The number of carbonyl (C=O) groups is 1. The Labute approximate surface area is 127 Å². The van der Waals surface area contributed by atoms with Gasteiger partial charge in [0.2, 0.25) is 5.91 Å². The minimum atomic E-state index is 0.170. The lowest BCUT2D eigenvalue weighted by molar-refractivity contribution is -0.134. The van der Waals surface area contributed by atoms with E-state index in [1.165, 1.54) is 0 Å². The zero-order chi connectivity index (χ0) is 15.4. The Hall–Kier alpha value is -1.55. The fraction of sp³-hybridized carbons (Fsp3) is 0.588. The van der Waals surface area contributed by atoms with Crippen molar-refractivity contribution in [2.75, 3.05) is 20.2 Å². The maximum Gasteiger partial charge on any atom is 0.227 e. The van der Waals surface area contributed by atoms with Crippen LogP contribution in [0.25, 0.3) is 0 Å². The van der Waals surface area contributed by atoms with Gasteiger partial charge in [-0.05, 0) is 42.9 Å². The van der Waals surface area contributed by atoms with E-state index in [4.69, 9.17) is 10.5 Å². The SMILES string of the molecule is COc1cc(CC(=O)N2CCC(C)CC2CN)ccc1C. The van der Waals surface area contributed by atoms with Gasteiger partial charge in [-0.1, -0.05) is 19.1 Å². The van der Waals surface area contributed by atoms with Crippen LogP contribution in [0.5, 0.6) is 5.75 Å². The topological polar surface area (TPSA) is 55.6 Å². The molecule has 0 aliphatic carbocycles. The van der Waals surface area contributed by atoms with Crippen molar-refractivity contribution >= 4 is 5.91 Å². The number of methoxy groups -OCH3 is 1. The first-order chi connectivity index (χ1) is 10.0. The number of carbonyl (C=O) groups excluding carboxylic acids is 1. The van der Waals surface area contributed by atoms with E-state index in [1.54, 1.807) is 7.11 Å². The summed E-state index contributed by atoms with van der Waals surface area (Å²) in [4.78, 5) is 14.5. The molecule has 2 rings (SSSR count). The highest BCUT2D eigenvalue weighted by molar-refractivity contribution is 5.79. The Bertz CT molecular complexity index is 502. The van der Waals surface area contributed by atoms with Gasteiger partial charge in [-0.2, -0.15) is 0 Å². The number of aryl methyl sites for hydroxylation is 1. The van der Waals surface area contributed by atoms with E-state index in [-0.39, 0.29) is 11.9 Å². The van der Waals surface area contributed by atoms with Gasteiger partial charge in [-0.3, -0.25) is 4.79 Å². The van der Waals surface area contributed by atoms with Crippen molar-refractivity contribution in [2.24, 2.45) is 11.7 Å². The van der Waals surface area contributed by atoms with Crippen LogP contribution in [0.2, 0.25) is 0 Å². The van der Waals surface area contributed by atoms with E-state index >= 15 is 0 Å². The van der Waals surface area contributed by atoms with Crippen molar-refractivity contribution in [3.05, 3.63) is 29.3 Å². The van der Waals surface area contributed by atoms with E-state index in [1.807, 2.05) is 30.0 Å². The van der Waals surface area contributed by atoms with E-state index in [9.17, 15) is 4.79 Å². The van der Waals surface area contributed by atoms with Gasteiger partial charge < -0.3 is 15.4 Å². The van der Waals surface area contributed by atoms with Gasteiger partial charge in [0.05, 0.1) is 13.5 Å². The molecule has 2 atom stereocenters. The first kappa shape index (κ1) is 15.8. The normalized spacial score (nSPS) is 22.2. The van der Waals surface area contributed by atoms with Crippen LogP contribution in [0.1, 0.15) is 30.9 Å². The summed E-state index contributed by atoms with van der Waals surface area (Å²) >= 11 is 0. The number of likely N-dealkylation sites (tertiary alicyclic amines) is 1. The van der Waals surface area contributed by atoms with Gasteiger partial charge in [0.25, 0.3) is 0 Å². The molecule has 1 amide bonds. The average molecular weight is 290 g/mol. The van der Waals surface area contributed by atoms with Crippen molar-refractivity contribution in [1.82, 2.24) is 4.90 Å². The highest BCUT2D eigenvalue weighted by atomic mass is 16.5. The Balaban J connectivity index is 2.06. The molecule has 0 spiro atoms. The highest BCUT2D eigenvalue weighted by Gasteiger charge is 2.28. The second kappa shape index (κ2) is 6.94. The molecule has 1 heterocycles. The second-order valence-electron chi connectivity index (χ2n) is 6.09. The summed E-state index contributed by atoms with van der Waals surface area (Å²) < 4.78 is 5.32. The molecule has 1 aromatic rings. The van der Waals surface area contributed by atoms with Gasteiger partial charge in [0.1, 0.15) is 5.75 Å². The summed E-state index contributed by atoms with van der Waals surface area (Å²) in [7, 11) is 1.66. The van der Waals surface area contributed by atoms with Gasteiger partial charge in [-0.15, -0.1) is 0 Å². The van der Waals surface area contributed by atoms with Crippen LogP contribution < -0.4 is 10.5 Å². The number of benzene rings is 1. The van der Waals surface area contributed by atoms with Crippen molar-refractivity contribution < 1.29 is 9.53 Å². The van der Waals surface area contributed by atoms with Gasteiger partial charge in [0, 0.05) is 19.1 Å². The number of rotatable bonds is 4. The molecule has 0 saturated carbocycles. The molecule has 0 bridgehead atoms. The first-order valence-corrected chi connectivity index (χ1v) is 7.68. The zero-order valence-corrected chi connectivity index (χ0v) is 13.3. The lowest BCUT2D eigenvalue weighted by Gasteiger charge is -2.38. The third kappa shape index (κ3) is 3.76. The fourth-order valence-electron chi connectivity index (χ4n) is 3.05. The number of hydrogen-bond acceptors (Lipinski definition) is 3. The summed E-state index contributed by atoms with van der Waals surface area (Å²) in [5.41, 5.74) is 7.92. The van der Waals surface area contributed by atoms with E-state index in [0.29, 0.717) is 18.9 Å². The molecule has 1 aliphatic rings. The number of nitrogens with zero attached hydrogens (tertiary/aromatic N) is 1. The monoisotopic (exact) mass is 290 g/mol. The third-order valence-corrected chi connectivity index (χ3v) is 4.40. The summed E-state index contributed by atoms with van der Waals surface area (Å²) in [5.74, 6) is 1.66. The Kier molecular flexibility index (Phi) is 5.23. The molecule has 4 heteroatoms. The highest BCUT2D eigenvalue weighted by Crippen LogP contribution is 2.24. The molecule has 1 fully saturated rings. The number of hydrogen-bond donors (Lipinski definition) is 1. The number of amides is 1. The van der Waals surface area contributed by atoms with Crippen LogP contribution in [-0.2, 0) is 11.2 Å². The van der Waals surface area contributed by atoms with Crippen molar-refractivity contribution in [2.45, 2.75) is 39.2 Å². The Morgan fingerprint density at radius 2 is 2.24 bits per heavy atom. The lowest BCUT2D eigenvalue weighted by Crippen LogP contribution is -2.49. The van der Waals surface area contributed by atoms with E-state index in [2.05, 4.69) is 6.92 Å². The molecule has 21 heavy (non-hydrogen) atoms. The summed E-state index contributed by atoms with van der Waals surface area (Å²) in [6.45, 7) is 5.61. The van der Waals surface area contributed by atoms with Crippen LogP contribution in [0.4, 0.5) is 0 Å². The lowest BCUT2D eigenvalue weighted by atomic mass is 9.92. The maximum atomic E-state index is 12.6. The molecule has 2 N–H and O–H groups in total. The van der Waals surface area contributed by atoms with Crippen molar-refractivity contribution in [3.8, 4) is 5.75 Å². The average Bonchev–Trinajstić information content (AvgIpc) is 2.48. The third-order valence-electron chi connectivity index (χ3n) is 4.40. The molecule has 2 unspecified atom stereocenters. The first-order valence-electron chi connectivity index (χ1n) is 7.68. The summed E-state index contributed by atoms with van der Waals surface area (Å²) in [6.07, 6.45) is 2.50. The van der Waals surface area contributed by atoms with Crippen molar-refractivity contribution in [3.63, 3.8) is 0 Å². The molecule has 116 valence electrons. The fourth-order valence-corrected chi connectivity index (χ4v) is 3.05.